The van der Waals surface area contributed by atoms with Crippen LogP contribution in [0.4, 0.5) is 4.79 Å². The third kappa shape index (κ3) is 2.40. The summed E-state index contributed by atoms with van der Waals surface area (Å²) in [6.45, 7) is 1.22. The van der Waals surface area contributed by atoms with E-state index in [-0.39, 0.29) is 30.1 Å². The van der Waals surface area contributed by atoms with Gasteiger partial charge in [-0.3, -0.25) is 4.84 Å². The van der Waals surface area contributed by atoms with Gasteiger partial charge >= 0.3 is 6.03 Å². The second kappa shape index (κ2) is 5.78. The molecule has 1 saturated carbocycles. The maximum atomic E-state index is 13.0. The van der Waals surface area contributed by atoms with Crippen molar-refractivity contribution in [2.75, 3.05) is 6.54 Å². The quantitative estimate of drug-likeness (QED) is 0.881. The molecule has 2 N–H and O–H groups in total. The first-order valence-corrected chi connectivity index (χ1v) is 8.99. The van der Waals surface area contributed by atoms with Crippen LogP contribution in [0.25, 0.3) is 0 Å². The van der Waals surface area contributed by atoms with Crippen LogP contribution >= 0.6 is 0 Å². The number of hydrogen-bond donors (Lipinski definition) is 1. The van der Waals surface area contributed by atoms with E-state index in [2.05, 4.69) is 10.2 Å². The number of benzene rings is 1. The van der Waals surface area contributed by atoms with Crippen molar-refractivity contribution < 1.29 is 14.0 Å². The molecule has 136 valence electrons. The number of piperidine rings is 1. The predicted octanol–water partition coefficient (Wildman–Crippen LogP) is 1.99. The molecule has 1 aromatic carbocycles. The van der Waals surface area contributed by atoms with E-state index in [0.717, 1.165) is 24.8 Å². The summed E-state index contributed by atoms with van der Waals surface area (Å²) in [7, 11) is 0. The lowest BCUT2D eigenvalue weighted by Crippen LogP contribution is -2.42. The largest absolute Gasteiger partial charge is 0.422 e. The standard InChI is InChI=1S/C18H21N5O3/c19-9-15-20-21-16(26-15)13-8-18(6-7-18)14-10-22(13)17(24)23(14)25-11-12-4-2-1-3-5-12/h1-5,13-14H,6-11,19H2/t13-,14-/m0/s1. The number of rotatable bonds is 5. The van der Waals surface area contributed by atoms with Crippen LogP contribution in [0.5, 0.6) is 0 Å². The monoisotopic (exact) mass is 355 g/mol. The number of nitrogens with zero attached hydrogens (tertiary/aromatic N) is 4. The van der Waals surface area contributed by atoms with E-state index in [9.17, 15) is 4.79 Å². The fourth-order valence-electron chi connectivity index (χ4n) is 4.20. The van der Waals surface area contributed by atoms with Gasteiger partial charge in [0.1, 0.15) is 12.6 Å². The molecular formula is C18H21N5O3. The highest BCUT2D eigenvalue weighted by molar-refractivity contribution is 5.77. The Labute approximate surface area is 150 Å². The number of urea groups is 1. The third-order valence-corrected chi connectivity index (χ3v) is 5.82. The van der Waals surface area contributed by atoms with E-state index >= 15 is 0 Å². The zero-order valence-corrected chi connectivity index (χ0v) is 14.4. The van der Waals surface area contributed by atoms with Crippen molar-refractivity contribution in [1.82, 2.24) is 20.2 Å². The minimum atomic E-state index is -0.195. The van der Waals surface area contributed by atoms with Crippen LogP contribution in [0.3, 0.4) is 0 Å². The average molecular weight is 355 g/mol. The first-order valence-electron chi connectivity index (χ1n) is 8.99. The minimum Gasteiger partial charge on any atom is -0.422 e. The van der Waals surface area contributed by atoms with Gasteiger partial charge in [0.2, 0.25) is 11.8 Å². The van der Waals surface area contributed by atoms with Crippen LogP contribution in [0.15, 0.2) is 34.7 Å². The summed E-state index contributed by atoms with van der Waals surface area (Å²) in [5.74, 6) is 0.879. The number of amides is 2. The Balaban J connectivity index is 1.38. The molecule has 8 heteroatoms. The Bertz CT molecular complexity index is 819. The first kappa shape index (κ1) is 15.8. The molecular weight excluding hydrogens is 334 g/mol. The van der Waals surface area contributed by atoms with Crippen molar-refractivity contribution in [2.24, 2.45) is 11.1 Å². The highest BCUT2D eigenvalue weighted by Gasteiger charge is 2.64. The molecule has 2 saturated heterocycles. The summed E-state index contributed by atoms with van der Waals surface area (Å²) in [4.78, 5) is 20.8. The molecule has 26 heavy (non-hydrogen) atoms. The highest BCUT2D eigenvalue weighted by Crippen LogP contribution is 2.61. The van der Waals surface area contributed by atoms with Crippen molar-refractivity contribution in [3.8, 4) is 0 Å². The number of hydrogen-bond acceptors (Lipinski definition) is 6. The summed E-state index contributed by atoms with van der Waals surface area (Å²) in [6, 6.07) is 9.67. The Hall–Kier alpha value is -2.45. The van der Waals surface area contributed by atoms with Gasteiger partial charge < -0.3 is 15.1 Å². The van der Waals surface area contributed by atoms with Crippen LogP contribution < -0.4 is 5.73 Å². The van der Waals surface area contributed by atoms with E-state index in [1.807, 2.05) is 30.3 Å². The van der Waals surface area contributed by atoms with Crippen molar-refractivity contribution in [3.05, 3.63) is 47.7 Å². The van der Waals surface area contributed by atoms with Gasteiger partial charge in [-0.25, -0.2) is 4.79 Å². The highest BCUT2D eigenvalue weighted by atomic mass is 16.7. The molecule has 3 heterocycles. The number of fused-ring (bicyclic) bond motifs is 3. The predicted molar refractivity (Wildman–Crippen MR) is 90.2 cm³/mol. The zero-order valence-electron chi connectivity index (χ0n) is 14.4. The molecule has 2 aromatic rings. The fraction of sp³-hybridized carbons (Fsp3) is 0.500. The second-order valence-corrected chi connectivity index (χ2v) is 7.36. The van der Waals surface area contributed by atoms with Crippen molar-refractivity contribution in [2.45, 2.75) is 44.5 Å². The molecule has 2 aliphatic heterocycles. The van der Waals surface area contributed by atoms with Gasteiger partial charge in [0, 0.05) is 6.54 Å². The van der Waals surface area contributed by atoms with Gasteiger partial charge in [0.15, 0.2) is 0 Å². The molecule has 1 spiro atoms. The van der Waals surface area contributed by atoms with Gasteiger partial charge in [-0.1, -0.05) is 30.3 Å². The molecule has 0 unspecified atom stereocenters. The summed E-state index contributed by atoms with van der Waals surface area (Å²) < 4.78 is 5.66. The van der Waals surface area contributed by atoms with E-state index in [1.165, 1.54) is 0 Å². The van der Waals surface area contributed by atoms with E-state index in [1.54, 1.807) is 9.96 Å². The summed E-state index contributed by atoms with van der Waals surface area (Å²) in [6.07, 6.45) is 3.03. The fourth-order valence-corrected chi connectivity index (χ4v) is 4.20. The molecule has 0 radical (unpaired) electrons. The Kier molecular flexibility index (Phi) is 3.51. The van der Waals surface area contributed by atoms with Gasteiger partial charge in [0.25, 0.3) is 0 Å². The molecule has 2 atom stereocenters. The van der Waals surface area contributed by atoms with Gasteiger partial charge in [0.05, 0.1) is 12.6 Å². The lowest BCUT2D eigenvalue weighted by Gasteiger charge is -2.35. The minimum absolute atomic E-state index is 0.0897. The molecule has 5 rings (SSSR count). The van der Waals surface area contributed by atoms with Gasteiger partial charge in [-0.2, -0.15) is 5.06 Å². The molecule has 3 fully saturated rings. The normalized spacial score (nSPS) is 26.0. The van der Waals surface area contributed by atoms with Gasteiger partial charge in [-0.15, -0.1) is 10.2 Å². The Morgan fingerprint density at radius 1 is 1.27 bits per heavy atom. The topological polar surface area (TPSA) is 97.7 Å². The van der Waals surface area contributed by atoms with E-state index in [4.69, 9.17) is 15.0 Å². The Morgan fingerprint density at radius 2 is 2.08 bits per heavy atom. The first-order chi connectivity index (χ1) is 12.7. The Morgan fingerprint density at radius 3 is 2.77 bits per heavy atom. The summed E-state index contributed by atoms with van der Waals surface area (Å²) in [5.41, 5.74) is 6.72. The molecule has 3 aliphatic rings. The van der Waals surface area contributed by atoms with Crippen LogP contribution in [0.2, 0.25) is 0 Å². The van der Waals surface area contributed by atoms with Crippen LogP contribution in [0.1, 0.15) is 42.6 Å². The average Bonchev–Trinajstić information content (AvgIpc) is 3.16. The number of aromatic nitrogens is 2. The molecule has 2 bridgehead atoms. The van der Waals surface area contributed by atoms with Crippen molar-refractivity contribution in [1.29, 1.82) is 0 Å². The second-order valence-electron chi connectivity index (χ2n) is 7.36. The van der Waals surface area contributed by atoms with Gasteiger partial charge in [-0.05, 0) is 30.2 Å². The van der Waals surface area contributed by atoms with Crippen molar-refractivity contribution >= 4 is 6.03 Å². The van der Waals surface area contributed by atoms with E-state index < -0.39 is 0 Å². The summed E-state index contributed by atoms with van der Waals surface area (Å²) in [5, 5.41) is 9.66. The zero-order chi connectivity index (χ0) is 17.7. The van der Waals surface area contributed by atoms with Crippen LogP contribution in [0, 0.1) is 5.41 Å². The smallest absolute Gasteiger partial charge is 0.345 e. The van der Waals surface area contributed by atoms with Crippen molar-refractivity contribution in [3.63, 3.8) is 0 Å². The van der Waals surface area contributed by atoms with Crippen LogP contribution in [-0.2, 0) is 18.0 Å². The van der Waals surface area contributed by atoms with Crippen LogP contribution in [-0.4, -0.2) is 38.8 Å². The maximum Gasteiger partial charge on any atom is 0.345 e. The number of carbonyl (C=O) groups excluding carboxylic acids is 1. The molecule has 2 amide bonds. The number of hydroxylamine groups is 2. The molecule has 1 aliphatic carbocycles. The SMILES string of the molecule is NCc1nnc([C@@H]2CC3(CC3)[C@@H]3CN2C(=O)N3OCc2ccccc2)o1. The van der Waals surface area contributed by atoms with E-state index in [0.29, 0.717) is 24.9 Å². The summed E-state index contributed by atoms with van der Waals surface area (Å²) >= 11 is 0. The third-order valence-electron chi connectivity index (χ3n) is 5.82. The number of nitrogens with two attached hydrogens (primary N) is 1. The molecule has 1 aromatic heterocycles. The lowest BCUT2D eigenvalue weighted by molar-refractivity contribution is -0.153. The molecule has 8 nitrogen and oxygen atoms in total. The maximum absolute atomic E-state index is 13.0. The number of carbonyl (C=O) groups is 1. The lowest BCUT2D eigenvalue weighted by atomic mass is 9.85.